The number of hydrogen-bond donors (Lipinski definition) is 1. The molecule has 1 amide bonds. The average molecular weight is 868 g/mol. The number of ether oxygens (including phenoxy) is 6. The van der Waals surface area contributed by atoms with Crippen molar-refractivity contribution in [3.8, 4) is 46.0 Å². The van der Waals surface area contributed by atoms with Crippen molar-refractivity contribution in [2.45, 2.75) is 33.7 Å². The summed E-state index contributed by atoms with van der Waals surface area (Å²) in [5, 5.41) is 10.4. The minimum absolute atomic E-state index is 0.0236. The van der Waals surface area contributed by atoms with Crippen LogP contribution in [0.15, 0.2) is 156 Å². The quantitative estimate of drug-likeness (QED) is 0.0976. The zero-order chi connectivity index (χ0) is 45.9. The van der Waals surface area contributed by atoms with Crippen molar-refractivity contribution in [3.05, 3.63) is 180 Å². The van der Waals surface area contributed by atoms with Crippen LogP contribution in [0.5, 0.6) is 34.5 Å². The minimum Gasteiger partial charge on any atom is -0.497 e. The molecule has 0 aliphatic rings. The van der Waals surface area contributed by atoms with E-state index in [9.17, 15) is 9.59 Å². The number of rotatable bonds is 16. The Morgan fingerprint density at radius 2 is 0.984 bits per heavy atom. The summed E-state index contributed by atoms with van der Waals surface area (Å²) in [6.07, 6.45) is 0.250. The summed E-state index contributed by atoms with van der Waals surface area (Å²) in [5.41, 5.74) is 4.49. The number of ketones is 1. The third-order valence-corrected chi connectivity index (χ3v) is 8.64. The number of methoxy groups -OCH3 is 3. The molecule has 0 saturated carbocycles. The Labute approximate surface area is 371 Å². The molecule has 1 heterocycles. The number of hydrogen-bond acceptors (Lipinski definition) is 13. The van der Waals surface area contributed by atoms with Gasteiger partial charge in [-0.15, -0.1) is 10.2 Å². The van der Waals surface area contributed by atoms with E-state index in [-0.39, 0.29) is 24.4 Å². The van der Waals surface area contributed by atoms with Crippen LogP contribution in [0.4, 0.5) is 0 Å². The van der Waals surface area contributed by atoms with Crippen LogP contribution in [-0.2, 0) is 34.2 Å². The van der Waals surface area contributed by atoms with E-state index >= 15 is 0 Å². The highest BCUT2D eigenvalue weighted by Gasteiger charge is 2.09. The first-order chi connectivity index (χ1) is 31.1. The second kappa shape index (κ2) is 26.9. The molecule has 0 spiro atoms. The standard InChI is InChI=1S/C18H19NO4.C17H16N2O3.C14H14O2.CO2/c1-13(20)11-19-18(21)15-4-3-5-17(10-15)23-12-14-6-8-16(22-2)9-7-14;1-12-18-19-17(22-12)14-4-3-5-16(10-14)21-11-13-6-8-15(20-2)9-7-13;1-15-13-9-7-12(8-10-13)11-16-14-5-3-2-4-6-14;2-1-3/h3-10H,11-12H2,1-2H3,(H,19,21);3-10H,11H2,1-2H3;2-10H,11H2,1H3;. The second-order valence-electron chi connectivity index (χ2n) is 13.4. The zero-order valence-corrected chi connectivity index (χ0v) is 36.1. The molecule has 1 N–H and O–H groups in total. The Morgan fingerprint density at radius 1 is 0.547 bits per heavy atom. The highest BCUT2D eigenvalue weighted by molar-refractivity contribution is 5.96. The van der Waals surface area contributed by atoms with Crippen LogP contribution in [0, 0.1) is 6.92 Å². The van der Waals surface area contributed by atoms with Gasteiger partial charge >= 0.3 is 6.15 Å². The molecule has 0 saturated heterocycles. The second-order valence-corrected chi connectivity index (χ2v) is 13.4. The van der Waals surface area contributed by atoms with Gasteiger partial charge in [0.15, 0.2) is 0 Å². The molecule has 6 aromatic carbocycles. The third-order valence-electron chi connectivity index (χ3n) is 8.64. The van der Waals surface area contributed by atoms with Crippen molar-refractivity contribution in [2.75, 3.05) is 27.9 Å². The smallest absolute Gasteiger partial charge is 0.373 e. The van der Waals surface area contributed by atoms with E-state index in [1.807, 2.05) is 127 Å². The number of aromatic nitrogens is 2. The van der Waals surface area contributed by atoms with Gasteiger partial charge in [-0.1, -0.05) is 66.7 Å². The minimum atomic E-state index is -0.296. The van der Waals surface area contributed by atoms with Crippen LogP contribution in [0.3, 0.4) is 0 Å². The lowest BCUT2D eigenvalue weighted by molar-refractivity contribution is -0.191. The van der Waals surface area contributed by atoms with Crippen molar-refractivity contribution in [2.24, 2.45) is 0 Å². The fraction of sp³-hybridized carbons (Fsp3) is 0.180. The van der Waals surface area contributed by atoms with Crippen LogP contribution in [-0.4, -0.2) is 55.9 Å². The van der Waals surface area contributed by atoms with Gasteiger partial charge in [0.25, 0.3) is 5.91 Å². The lowest BCUT2D eigenvalue weighted by Gasteiger charge is -2.09. The van der Waals surface area contributed by atoms with E-state index in [0.29, 0.717) is 42.9 Å². The van der Waals surface area contributed by atoms with Crippen LogP contribution >= 0.6 is 0 Å². The Balaban J connectivity index is 0.000000207. The number of carbonyl (C=O) groups is 2. The highest BCUT2D eigenvalue weighted by Crippen LogP contribution is 2.24. The van der Waals surface area contributed by atoms with E-state index in [1.165, 1.54) is 6.92 Å². The number of para-hydroxylation sites is 1. The number of carbonyl (C=O) groups excluding carboxylic acids is 4. The van der Waals surface area contributed by atoms with Gasteiger partial charge in [0, 0.05) is 18.1 Å². The Bertz CT molecular complexity index is 2490. The van der Waals surface area contributed by atoms with Gasteiger partial charge in [-0.2, -0.15) is 9.59 Å². The molecule has 1 aromatic heterocycles. The van der Waals surface area contributed by atoms with Crippen molar-refractivity contribution in [1.82, 2.24) is 15.5 Å². The maximum absolute atomic E-state index is 11.9. The molecule has 330 valence electrons. The molecule has 14 heteroatoms. The first-order valence-corrected chi connectivity index (χ1v) is 19.7. The molecule has 0 unspecified atom stereocenters. The monoisotopic (exact) mass is 867 g/mol. The normalized spacial score (nSPS) is 9.77. The lowest BCUT2D eigenvalue weighted by Crippen LogP contribution is -2.28. The molecular weight excluding hydrogens is 819 g/mol. The Kier molecular flexibility index (Phi) is 20.3. The van der Waals surface area contributed by atoms with Crippen molar-refractivity contribution >= 4 is 17.8 Å². The summed E-state index contributed by atoms with van der Waals surface area (Å²) in [7, 11) is 4.93. The average Bonchev–Trinajstić information content (AvgIpc) is 3.79. The zero-order valence-electron chi connectivity index (χ0n) is 36.1. The van der Waals surface area contributed by atoms with E-state index in [2.05, 4.69) is 15.5 Å². The van der Waals surface area contributed by atoms with Gasteiger partial charge in [0.2, 0.25) is 11.8 Å². The van der Waals surface area contributed by atoms with Crippen LogP contribution in [0.1, 0.15) is 39.9 Å². The molecule has 0 bridgehead atoms. The van der Waals surface area contributed by atoms with Gasteiger partial charge in [-0.25, -0.2) is 0 Å². The third kappa shape index (κ3) is 17.4. The van der Waals surface area contributed by atoms with Crippen LogP contribution < -0.4 is 33.7 Å². The SMILES string of the molecule is COc1ccc(COc2cccc(-c3nnc(C)o3)c2)cc1.COc1ccc(COc2cccc(C(=O)NCC(C)=O)c2)cc1.COc1ccc(COc2ccccc2)cc1.O=C=O. The topological polar surface area (TPSA) is 175 Å². The molecule has 0 atom stereocenters. The molecule has 0 fully saturated rings. The first-order valence-electron chi connectivity index (χ1n) is 19.7. The molecule has 14 nitrogen and oxygen atoms in total. The molecule has 7 rings (SSSR count). The fourth-order valence-corrected chi connectivity index (χ4v) is 5.35. The maximum atomic E-state index is 11.9. The molecule has 64 heavy (non-hydrogen) atoms. The predicted octanol–water partition coefficient (Wildman–Crippen LogP) is 8.92. The van der Waals surface area contributed by atoms with E-state index in [1.54, 1.807) is 52.5 Å². The Hall–Kier alpha value is -8.22. The number of Topliss-reactive ketones (excluding diaryl/α,β-unsaturated/α-hetero) is 1. The summed E-state index contributed by atoms with van der Waals surface area (Å²) < 4.78 is 37.9. The van der Waals surface area contributed by atoms with Crippen molar-refractivity contribution in [3.63, 3.8) is 0 Å². The van der Waals surface area contributed by atoms with Gasteiger partial charge < -0.3 is 38.2 Å². The summed E-state index contributed by atoms with van der Waals surface area (Å²) in [6.45, 7) is 4.66. The van der Waals surface area contributed by atoms with Crippen molar-refractivity contribution < 1.29 is 52.0 Å². The largest absolute Gasteiger partial charge is 0.497 e. The molecule has 0 aliphatic heterocycles. The number of nitrogens with one attached hydrogen (secondary N) is 1. The predicted molar refractivity (Wildman–Crippen MR) is 237 cm³/mol. The number of amides is 1. The van der Waals surface area contributed by atoms with Crippen LogP contribution in [0.2, 0.25) is 0 Å². The number of benzene rings is 6. The molecule has 0 aliphatic carbocycles. The van der Waals surface area contributed by atoms with E-state index in [4.69, 9.17) is 42.4 Å². The number of aryl methyl sites for hydroxylation is 1. The summed E-state index contributed by atoms with van der Waals surface area (Å²) in [5.74, 6) is 5.37. The van der Waals surface area contributed by atoms with Gasteiger partial charge in [0.05, 0.1) is 27.9 Å². The van der Waals surface area contributed by atoms with Gasteiger partial charge in [-0.3, -0.25) is 9.59 Å². The first kappa shape index (κ1) is 48.4. The Morgan fingerprint density at radius 3 is 1.42 bits per heavy atom. The van der Waals surface area contributed by atoms with E-state index < -0.39 is 0 Å². The van der Waals surface area contributed by atoms with Crippen LogP contribution in [0.25, 0.3) is 11.5 Å². The highest BCUT2D eigenvalue weighted by atomic mass is 16.5. The summed E-state index contributed by atoms with van der Waals surface area (Å²) in [6, 6.07) is 47.5. The van der Waals surface area contributed by atoms with Gasteiger partial charge in [-0.05, 0) is 109 Å². The van der Waals surface area contributed by atoms with Gasteiger partial charge in [0.1, 0.15) is 60.1 Å². The molecule has 0 radical (unpaired) electrons. The summed E-state index contributed by atoms with van der Waals surface area (Å²) in [4.78, 5) is 39.1. The molecule has 7 aromatic rings. The fourth-order valence-electron chi connectivity index (χ4n) is 5.35. The van der Waals surface area contributed by atoms with E-state index in [0.717, 1.165) is 51.0 Å². The van der Waals surface area contributed by atoms with Crippen molar-refractivity contribution in [1.29, 1.82) is 0 Å². The molecular formula is C50H49N3O11. The number of nitrogens with zero attached hydrogens (tertiary/aromatic N) is 2. The maximum Gasteiger partial charge on any atom is 0.373 e. The lowest BCUT2D eigenvalue weighted by atomic mass is 10.2. The summed E-state index contributed by atoms with van der Waals surface area (Å²) >= 11 is 0.